The smallest absolute Gasteiger partial charge is 0.232 e. The normalized spacial score (nSPS) is 21.7. The van der Waals surface area contributed by atoms with Crippen molar-refractivity contribution in [3.05, 3.63) is 36.5 Å². The Morgan fingerprint density at radius 3 is 3.08 bits per heavy atom. The van der Waals surface area contributed by atoms with E-state index in [2.05, 4.69) is 30.2 Å². The zero-order chi connectivity index (χ0) is 17.6. The number of fused-ring (bicyclic) bond motifs is 1. The summed E-state index contributed by atoms with van der Waals surface area (Å²) in [6, 6.07) is 3.89. The molecule has 0 radical (unpaired) electrons. The number of aromatic nitrogens is 6. The van der Waals surface area contributed by atoms with Crippen molar-refractivity contribution >= 4 is 11.5 Å². The van der Waals surface area contributed by atoms with Gasteiger partial charge in [0.1, 0.15) is 23.9 Å². The van der Waals surface area contributed by atoms with E-state index in [1.165, 1.54) is 0 Å². The number of aryl methyl sites for hydroxylation is 1. The Hall–Kier alpha value is -2.81. The summed E-state index contributed by atoms with van der Waals surface area (Å²) in [5, 5.41) is 12.4. The average Bonchev–Trinajstić information content (AvgIpc) is 3.07. The second-order valence-corrected chi connectivity index (χ2v) is 6.94. The van der Waals surface area contributed by atoms with E-state index >= 15 is 0 Å². The molecule has 9 nitrogen and oxygen atoms in total. The van der Waals surface area contributed by atoms with Crippen LogP contribution in [0.2, 0.25) is 0 Å². The molecule has 1 spiro atoms. The van der Waals surface area contributed by atoms with Crippen LogP contribution in [-0.4, -0.2) is 61.2 Å². The highest BCUT2D eigenvalue weighted by molar-refractivity contribution is 5.48. The maximum atomic E-state index is 6.10. The third kappa shape index (κ3) is 2.74. The highest BCUT2D eigenvalue weighted by Crippen LogP contribution is 2.37. The zero-order valence-corrected chi connectivity index (χ0v) is 14.4. The molecular weight excluding hydrogens is 334 g/mol. The first-order valence-electron chi connectivity index (χ1n) is 8.70. The third-order valence-electron chi connectivity index (χ3n) is 4.90. The van der Waals surface area contributed by atoms with Gasteiger partial charge in [-0.1, -0.05) is 0 Å². The summed E-state index contributed by atoms with van der Waals surface area (Å²) in [4.78, 5) is 10.7. The minimum atomic E-state index is -0.177. The van der Waals surface area contributed by atoms with Crippen LogP contribution < -0.4 is 9.64 Å². The lowest BCUT2D eigenvalue weighted by atomic mass is 9.84. The number of hydrogen-bond acceptors (Lipinski definition) is 8. The van der Waals surface area contributed by atoms with Gasteiger partial charge in [-0.2, -0.15) is 4.52 Å². The van der Waals surface area contributed by atoms with E-state index in [1.807, 2.05) is 19.1 Å². The van der Waals surface area contributed by atoms with Crippen LogP contribution in [-0.2, 0) is 4.74 Å². The van der Waals surface area contributed by atoms with Gasteiger partial charge >= 0.3 is 0 Å². The third-order valence-corrected chi connectivity index (χ3v) is 4.90. The maximum absolute atomic E-state index is 6.10. The molecule has 5 rings (SSSR count). The largest absolute Gasteiger partial charge is 0.473 e. The number of rotatable bonds is 3. The summed E-state index contributed by atoms with van der Waals surface area (Å²) in [5.41, 5.74) is 1.42. The molecule has 1 atom stereocenters. The number of nitrogens with zero attached hydrogens (tertiary/aromatic N) is 7. The molecule has 1 unspecified atom stereocenters. The first-order valence-corrected chi connectivity index (χ1v) is 8.70. The lowest BCUT2D eigenvalue weighted by molar-refractivity contribution is -0.126. The molecule has 2 aliphatic heterocycles. The molecule has 0 saturated carbocycles. The van der Waals surface area contributed by atoms with Gasteiger partial charge < -0.3 is 14.4 Å². The molecule has 0 bridgehead atoms. The van der Waals surface area contributed by atoms with Gasteiger partial charge in [0, 0.05) is 19.0 Å². The molecule has 3 aromatic heterocycles. The van der Waals surface area contributed by atoms with Crippen molar-refractivity contribution in [2.24, 2.45) is 0 Å². The molecule has 3 aromatic rings. The van der Waals surface area contributed by atoms with Crippen molar-refractivity contribution in [3.63, 3.8) is 0 Å². The van der Waals surface area contributed by atoms with E-state index in [0.29, 0.717) is 12.5 Å². The molecule has 134 valence electrons. The van der Waals surface area contributed by atoms with Crippen LogP contribution in [0.3, 0.4) is 0 Å². The van der Waals surface area contributed by atoms with Gasteiger partial charge in [-0.25, -0.2) is 4.98 Å². The molecule has 2 saturated heterocycles. The summed E-state index contributed by atoms with van der Waals surface area (Å²) in [7, 11) is 0. The van der Waals surface area contributed by atoms with Gasteiger partial charge in [0.25, 0.3) is 0 Å². The summed E-state index contributed by atoms with van der Waals surface area (Å²) in [6.07, 6.45) is 6.80. The monoisotopic (exact) mass is 353 g/mol. The van der Waals surface area contributed by atoms with Gasteiger partial charge in [0.2, 0.25) is 5.88 Å². The molecule has 5 heterocycles. The van der Waals surface area contributed by atoms with Crippen LogP contribution >= 0.6 is 0 Å². The Kier molecular flexibility index (Phi) is 3.49. The van der Waals surface area contributed by atoms with E-state index in [9.17, 15) is 0 Å². The summed E-state index contributed by atoms with van der Waals surface area (Å²) in [6.45, 7) is 4.20. The molecule has 2 fully saturated rings. The lowest BCUT2D eigenvalue weighted by Gasteiger charge is -2.53. The Morgan fingerprint density at radius 2 is 2.19 bits per heavy atom. The molecule has 26 heavy (non-hydrogen) atoms. The van der Waals surface area contributed by atoms with Crippen LogP contribution in [0, 0.1) is 6.92 Å². The summed E-state index contributed by atoms with van der Waals surface area (Å²) in [5.74, 6) is 1.49. The predicted molar refractivity (Wildman–Crippen MR) is 92.1 cm³/mol. The van der Waals surface area contributed by atoms with Crippen molar-refractivity contribution < 1.29 is 9.47 Å². The minimum absolute atomic E-state index is 0.0929. The van der Waals surface area contributed by atoms with Gasteiger partial charge in [-0.3, -0.25) is 4.98 Å². The Labute approximate surface area is 150 Å². The molecule has 0 N–H and O–H groups in total. The van der Waals surface area contributed by atoms with Crippen molar-refractivity contribution in [1.29, 1.82) is 0 Å². The van der Waals surface area contributed by atoms with Crippen molar-refractivity contribution in [3.8, 4) is 5.88 Å². The Bertz CT molecular complexity index is 938. The zero-order valence-electron chi connectivity index (χ0n) is 14.4. The Morgan fingerprint density at radius 1 is 1.27 bits per heavy atom. The predicted octanol–water partition coefficient (Wildman–Crippen LogP) is 1.04. The van der Waals surface area contributed by atoms with Gasteiger partial charge in [-0.15, -0.1) is 15.3 Å². The average molecular weight is 353 g/mol. The fraction of sp³-hybridized carbons (Fsp3) is 0.471. The number of hydrogen-bond donors (Lipinski definition) is 0. The highest BCUT2D eigenvalue weighted by Gasteiger charge is 2.49. The molecular formula is C17H19N7O2. The first-order chi connectivity index (χ1) is 12.7. The fourth-order valence-electron chi connectivity index (χ4n) is 3.67. The second-order valence-electron chi connectivity index (χ2n) is 6.94. The highest BCUT2D eigenvalue weighted by atomic mass is 16.5. The number of anilines is 1. The molecule has 0 aliphatic carbocycles. The van der Waals surface area contributed by atoms with Crippen LogP contribution in [0.15, 0.2) is 30.9 Å². The lowest BCUT2D eigenvalue weighted by Crippen LogP contribution is -2.66. The van der Waals surface area contributed by atoms with Crippen LogP contribution in [0.5, 0.6) is 5.88 Å². The van der Waals surface area contributed by atoms with Gasteiger partial charge in [0.05, 0.1) is 31.6 Å². The van der Waals surface area contributed by atoms with E-state index in [1.54, 1.807) is 23.2 Å². The van der Waals surface area contributed by atoms with Crippen molar-refractivity contribution in [2.45, 2.75) is 31.5 Å². The van der Waals surface area contributed by atoms with Crippen LogP contribution in [0.1, 0.15) is 18.5 Å². The standard InChI is InChI=1S/C17H19N7O2/c1-12-7-18-8-16(20-12)26-13-4-5-25-17(6-13)9-23(10-17)15-3-2-14-21-19-11-24(14)22-15/h2-3,7-8,11,13H,4-6,9-10H2,1H3. The molecule has 2 aliphatic rings. The number of ether oxygens (including phenoxy) is 2. The summed E-state index contributed by atoms with van der Waals surface area (Å²) >= 11 is 0. The van der Waals surface area contributed by atoms with Crippen LogP contribution in [0.25, 0.3) is 5.65 Å². The Balaban J connectivity index is 1.26. The minimum Gasteiger partial charge on any atom is -0.473 e. The van der Waals surface area contributed by atoms with Gasteiger partial charge in [-0.05, 0) is 19.1 Å². The topological polar surface area (TPSA) is 90.6 Å². The van der Waals surface area contributed by atoms with Crippen molar-refractivity contribution in [1.82, 2.24) is 29.8 Å². The van der Waals surface area contributed by atoms with E-state index in [0.717, 1.165) is 43.1 Å². The summed E-state index contributed by atoms with van der Waals surface area (Å²) < 4.78 is 13.8. The quantitative estimate of drug-likeness (QED) is 0.690. The first kappa shape index (κ1) is 15.4. The van der Waals surface area contributed by atoms with E-state index < -0.39 is 0 Å². The van der Waals surface area contributed by atoms with Crippen molar-refractivity contribution in [2.75, 3.05) is 24.6 Å². The molecule has 9 heteroatoms. The van der Waals surface area contributed by atoms with E-state index in [4.69, 9.17) is 9.47 Å². The SMILES string of the molecule is Cc1cncc(OC2CCOC3(C2)CN(c2ccc4nncn4n2)C3)n1. The molecule has 0 aromatic carbocycles. The fourth-order valence-corrected chi connectivity index (χ4v) is 3.67. The molecule has 0 amide bonds. The van der Waals surface area contributed by atoms with E-state index in [-0.39, 0.29) is 11.7 Å². The maximum Gasteiger partial charge on any atom is 0.232 e. The van der Waals surface area contributed by atoms with Crippen LogP contribution in [0.4, 0.5) is 5.82 Å². The van der Waals surface area contributed by atoms with Gasteiger partial charge in [0.15, 0.2) is 5.65 Å². The second kappa shape index (κ2) is 5.87.